The molecule has 0 aromatic heterocycles. The number of amides is 4. The third-order valence-corrected chi connectivity index (χ3v) is 4.31. The number of carbonyl (C=O) groups excluding carboxylic acids is 4. The van der Waals surface area contributed by atoms with Crippen LogP contribution in [0.25, 0.3) is 0 Å². The highest BCUT2D eigenvalue weighted by atomic mass is 19.1. The van der Waals surface area contributed by atoms with E-state index in [4.69, 9.17) is 5.02 Å². The Balaban J connectivity index is 2.16. The van der Waals surface area contributed by atoms with E-state index < -0.39 is 48.9 Å². The third kappa shape index (κ3) is 7.79. The van der Waals surface area contributed by atoms with Crippen LogP contribution >= 0.6 is 0 Å². The zero-order valence-electron chi connectivity index (χ0n) is 16.9. The van der Waals surface area contributed by atoms with Crippen LogP contribution in [0.4, 0.5) is 8.78 Å². The van der Waals surface area contributed by atoms with Gasteiger partial charge < -0.3 is 25.7 Å². The van der Waals surface area contributed by atoms with Crippen molar-refractivity contribution in [1.29, 1.82) is 0 Å². The molecule has 171 valence electrons. The summed E-state index contributed by atoms with van der Waals surface area (Å²) in [7, 11) is -1.43. The second-order valence-electron chi connectivity index (χ2n) is 6.82. The molecule has 2 aromatic rings. The fourth-order valence-corrected chi connectivity index (χ4v) is 2.82. The molecule has 0 aliphatic carbocycles. The van der Waals surface area contributed by atoms with Gasteiger partial charge in [-0.3, -0.25) is 24.5 Å². The molecular formula is C19H18B2F2N3O7. The first-order chi connectivity index (χ1) is 15.6. The molecule has 0 saturated heterocycles. The highest BCUT2D eigenvalue weighted by Gasteiger charge is 2.21. The second-order valence-corrected chi connectivity index (χ2v) is 6.82. The van der Waals surface area contributed by atoms with Crippen molar-refractivity contribution in [3.63, 3.8) is 0 Å². The summed E-state index contributed by atoms with van der Waals surface area (Å²) in [5.74, 6) is -4.19. The van der Waals surface area contributed by atoms with Crippen molar-refractivity contribution in [2.75, 3.05) is 6.54 Å². The van der Waals surface area contributed by atoms with Crippen molar-refractivity contribution >= 4 is 49.7 Å². The van der Waals surface area contributed by atoms with Crippen molar-refractivity contribution < 1.29 is 43.0 Å². The van der Waals surface area contributed by atoms with E-state index in [0.29, 0.717) is 7.48 Å². The van der Waals surface area contributed by atoms with Crippen LogP contribution in [0.5, 0.6) is 0 Å². The van der Waals surface area contributed by atoms with Crippen LogP contribution < -0.4 is 26.9 Å². The van der Waals surface area contributed by atoms with Crippen molar-refractivity contribution in [1.82, 2.24) is 16.0 Å². The summed E-state index contributed by atoms with van der Waals surface area (Å²) in [6, 6.07) is 4.66. The van der Waals surface area contributed by atoms with Crippen molar-refractivity contribution in [3.05, 3.63) is 59.2 Å². The zero-order valence-corrected chi connectivity index (χ0v) is 16.9. The quantitative estimate of drug-likeness (QED) is 0.163. The number of hydrogen-bond acceptors (Lipinski definition) is 7. The molecule has 4 amide bonds. The maximum atomic E-state index is 13.7. The minimum Gasteiger partial charge on any atom is -0.450 e. The number of nitrogens with one attached hydrogen (secondary N) is 3. The van der Waals surface area contributed by atoms with E-state index in [1.807, 2.05) is 5.32 Å². The Morgan fingerprint density at radius 2 is 1.64 bits per heavy atom. The predicted molar refractivity (Wildman–Crippen MR) is 113 cm³/mol. The molecule has 0 fully saturated rings. The van der Waals surface area contributed by atoms with Gasteiger partial charge in [0.1, 0.15) is 11.6 Å². The van der Waals surface area contributed by atoms with Crippen LogP contribution in [0.1, 0.15) is 27.1 Å². The van der Waals surface area contributed by atoms with E-state index in [0.717, 1.165) is 30.3 Å². The molecule has 0 spiro atoms. The van der Waals surface area contributed by atoms with Gasteiger partial charge in [-0.25, -0.2) is 8.78 Å². The number of halogens is 2. The normalized spacial score (nSPS) is 11.2. The molecule has 0 unspecified atom stereocenters. The van der Waals surface area contributed by atoms with Gasteiger partial charge in [0, 0.05) is 24.1 Å². The number of imide groups is 1. The molecule has 33 heavy (non-hydrogen) atoms. The van der Waals surface area contributed by atoms with Crippen LogP contribution in [0.2, 0.25) is 0 Å². The molecule has 0 saturated carbocycles. The minimum atomic E-state index is -2.02. The van der Waals surface area contributed by atoms with Crippen molar-refractivity contribution in [2.45, 2.75) is 12.5 Å². The Morgan fingerprint density at radius 1 is 1.00 bits per heavy atom. The van der Waals surface area contributed by atoms with Crippen LogP contribution in [0.15, 0.2) is 36.4 Å². The molecule has 0 heterocycles. The lowest BCUT2D eigenvalue weighted by Gasteiger charge is -2.19. The molecule has 14 heteroatoms. The molecule has 1 radical (unpaired) electrons. The highest BCUT2D eigenvalue weighted by Crippen LogP contribution is 2.05. The maximum Gasteiger partial charge on any atom is 0.488 e. The molecule has 10 nitrogen and oxygen atoms in total. The van der Waals surface area contributed by atoms with Gasteiger partial charge in [-0.2, -0.15) is 0 Å². The molecule has 0 bridgehead atoms. The lowest BCUT2D eigenvalue weighted by atomic mass is 9.79. The van der Waals surface area contributed by atoms with Crippen LogP contribution in [0, 0.1) is 11.6 Å². The van der Waals surface area contributed by atoms with Gasteiger partial charge in [-0.15, -0.1) is 0 Å². The topological polar surface area (TPSA) is 165 Å². The Hall–Kier alpha value is -3.61. The van der Waals surface area contributed by atoms with Crippen LogP contribution in [-0.4, -0.2) is 66.4 Å². The van der Waals surface area contributed by atoms with Gasteiger partial charge in [-0.1, -0.05) is 11.5 Å². The Bertz CT molecular complexity index is 1060. The number of carbonyl (C=O) groups is 4. The third-order valence-electron chi connectivity index (χ3n) is 4.31. The van der Waals surface area contributed by atoms with E-state index in [9.17, 15) is 38.0 Å². The smallest absolute Gasteiger partial charge is 0.450 e. The minimum absolute atomic E-state index is 0.0108. The fourth-order valence-electron chi connectivity index (χ4n) is 2.82. The molecule has 2 rings (SSSR count). The van der Waals surface area contributed by atoms with Gasteiger partial charge in [0.2, 0.25) is 12.3 Å². The Morgan fingerprint density at radius 3 is 2.24 bits per heavy atom. The SMILES string of the molecule is O=CNC(=O)C[C@H](CNC(=O)c1cc(F)cc(B(O)O)c1)NC(=O)c1cc(F)cc([B]O)c1. The van der Waals surface area contributed by atoms with Gasteiger partial charge in [0.25, 0.3) is 11.8 Å². The first-order valence-corrected chi connectivity index (χ1v) is 9.39. The molecule has 0 aliphatic rings. The Labute approximate surface area is 187 Å². The van der Waals surface area contributed by atoms with Crippen molar-refractivity contribution in [2.24, 2.45) is 0 Å². The summed E-state index contributed by atoms with van der Waals surface area (Å²) in [5.41, 5.74) is -0.697. The molecule has 1 atom stereocenters. The second kappa shape index (κ2) is 11.9. The van der Waals surface area contributed by atoms with E-state index in [2.05, 4.69) is 10.6 Å². The Kier molecular flexibility index (Phi) is 9.21. The summed E-state index contributed by atoms with van der Waals surface area (Å²) in [5, 5.41) is 34.0. The largest absolute Gasteiger partial charge is 0.488 e. The summed E-state index contributed by atoms with van der Waals surface area (Å²) >= 11 is 0. The predicted octanol–water partition coefficient (Wildman–Crippen LogP) is -2.93. The molecule has 2 aromatic carbocycles. The standard InChI is InChI=1S/C19H18B2F2N3O7/c22-14-3-10(1-12(5-14)20-31)19(30)26-16(7-17(28)25-9-27)8-24-18(29)11-2-13(21(32)33)6-15(23)4-11/h1-6,9,16,31-33H,7-8H2,(H,24,29)(H,26,30)(H,25,27,28)/t16-/m1/s1. The number of rotatable bonds is 10. The van der Waals surface area contributed by atoms with Crippen LogP contribution in [-0.2, 0) is 9.59 Å². The molecular weight excluding hydrogens is 442 g/mol. The lowest BCUT2D eigenvalue weighted by molar-refractivity contribution is -0.125. The monoisotopic (exact) mass is 460 g/mol. The zero-order chi connectivity index (χ0) is 24.5. The summed E-state index contributed by atoms with van der Waals surface area (Å²) < 4.78 is 27.3. The van der Waals surface area contributed by atoms with Gasteiger partial charge in [-0.05, 0) is 35.8 Å². The van der Waals surface area contributed by atoms with Crippen molar-refractivity contribution in [3.8, 4) is 0 Å². The summed E-state index contributed by atoms with van der Waals surface area (Å²) in [6.45, 7) is -0.362. The van der Waals surface area contributed by atoms with E-state index in [1.165, 1.54) is 6.07 Å². The van der Waals surface area contributed by atoms with E-state index in [1.54, 1.807) is 0 Å². The molecule has 6 N–H and O–H groups in total. The lowest BCUT2D eigenvalue weighted by Crippen LogP contribution is -2.46. The van der Waals surface area contributed by atoms with Crippen LogP contribution in [0.3, 0.4) is 0 Å². The van der Waals surface area contributed by atoms with E-state index in [-0.39, 0.29) is 35.0 Å². The fraction of sp³-hybridized carbons (Fsp3) is 0.158. The first kappa shape index (κ1) is 25.6. The number of hydrogen-bond donors (Lipinski definition) is 6. The average molecular weight is 460 g/mol. The van der Waals surface area contributed by atoms with Gasteiger partial charge in [0.05, 0.1) is 6.04 Å². The number of benzene rings is 2. The summed E-state index contributed by atoms with van der Waals surface area (Å²) in [6.07, 6.45) is -0.326. The molecule has 0 aliphatic heterocycles. The average Bonchev–Trinajstić information content (AvgIpc) is 2.76. The summed E-state index contributed by atoms with van der Waals surface area (Å²) in [4.78, 5) is 47.2. The first-order valence-electron chi connectivity index (χ1n) is 9.39. The van der Waals surface area contributed by atoms with Gasteiger partial charge >= 0.3 is 14.6 Å². The van der Waals surface area contributed by atoms with Gasteiger partial charge in [0.15, 0.2) is 0 Å². The maximum absolute atomic E-state index is 13.7. The highest BCUT2D eigenvalue weighted by molar-refractivity contribution is 6.58. The van der Waals surface area contributed by atoms with E-state index >= 15 is 0 Å².